The lowest BCUT2D eigenvalue weighted by Crippen LogP contribution is -2.34. The number of methoxy groups -OCH3 is 1. The SMILES string of the molecule is COCCOc1ccc(NC(=S)NC(=O)c2ccccc2F)cc1. The highest BCUT2D eigenvalue weighted by molar-refractivity contribution is 7.80. The van der Waals surface area contributed by atoms with Gasteiger partial charge in [-0.1, -0.05) is 12.1 Å². The molecular formula is C17H17FN2O3S. The minimum atomic E-state index is -0.606. The Hall–Kier alpha value is -2.51. The average Bonchev–Trinajstić information content (AvgIpc) is 2.57. The van der Waals surface area contributed by atoms with Crippen LogP contribution in [0, 0.1) is 5.82 Å². The normalized spacial score (nSPS) is 10.1. The number of halogens is 1. The Morgan fingerprint density at radius 3 is 2.50 bits per heavy atom. The van der Waals surface area contributed by atoms with E-state index < -0.39 is 11.7 Å². The first-order valence-corrected chi connectivity index (χ1v) is 7.59. The van der Waals surface area contributed by atoms with Crippen molar-refractivity contribution in [2.75, 3.05) is 25.6 Å². The van der Waals surface area contributed by atoms with E-state index in [0.717, 1.165) is 0 Å². The molecule has 0 radical (unpaired) electrons. The topological polar surface area (TPSA) is 59.6 Å². The summed E-state index contributed by atoms with van der Waals surface area (Å²) in [4.78, 5) is 12.0. The van der Waals surface area contributed by atoms with Crippen molar-refractivity contribution in [1.29, 1.82) is 0 Å². The molecule has 0 saturated heterocycles. The summed E-state index contributed by atoms with van der Waals surface area (Å²) < 4.78 is 23.9. The van der Waals surface area contributed by atoms with E-state index in [9.17, 15) is 9.18 Å². The highest BCUT2D eigenvalue weighted by atomic mass is 32.1. The van der Waals surface area contributed by atoms with Gasteiger partial charge in [-0.3, -0.25) is 10.1 Å². The van der Waals surface area contributed by atoms with Crippen molar-refractivity contribution in [2.24, 2.45) is 0 Å². The summed E-state index contributed by atoms with van der Waals surface area (Å²) in [6.45, 7) is 0.965. The second-order valence-corrected chi connectivity index (χ2v) is 5.16. The summed E-state index contributed by atoms with van der Waals surface area (Å²) in [5, 5.41) is 5.37. The zero-order chi connectivity index (χ0) is 17.4. The summed E-state index contributed by atoms with van der Waals surface area (Å²) in [5.74, 6) is -0.514. The molecule has 7 heteroatoms. The molecule has 0 aliphatic carbocycles. The van der Waals surface area contributed by atoms with Crippen LogP contribution in [0.4, 0.5) is 10.1 Å². The fourth-order valence-corrected chi connectivity index (χ4v) is 2.07. The zero-order valence-electron chi connectivity index (χ0n) is 13.0. The summed E-state index contributed by atoms with van der Waals surface area (Å²) in [6.07, 6.45) is 0. The molecule has 0 saturated carbocycles. The third-order valence-corrected chi connectivity index (χ3v) is 3.22. The predicted octanol–water partition coefficient (Wildman–Crippen LogP) is 2.98. The van der Waals surface area contributed by atoms with Crippen LogP contribution in [0.2, 0.25) is 0 Å². The van der Waals surface area contributed by atoms with Gasteiger partial charge in [0.1, 0.15) is 18.2 Å². The minimum Gasteiger partial charge on any atom is -0.491 e. The first-order chi connectivity index (χ1) is 11.6. The number of anilines is 1. The summed E-state index contributed by atoms with van der Waals surface area (Å²) in [7, 11) is 1.60. The fourth-order valence-electron chi connectivity index (χ4n) is 1.86. The van der Waals surface area contributed by atoms with Gasteiger partial charge in [-0.2, -0.15) is 0 Å². The third-order valence-electron chi connectivity index (χ3n) is 3.01. The van der Waals surface area contributed by atoms with Gasteiger partial charge in [0.2, 0.25) is 0 Å². The van der Waals surface area contributed by atoms with Crippen molar-refractivity contribution in [3.05, 3.63) is 59.9 Å². The Morgan fingerprint density at radius 2 is 1.83 bits per heavy atom. The van der Waals surface area contributed by atoms with Gasteiger partial charge < -0.3 is 14.8 Å². The molecule has 2 rings (SSSR count). The van der Waals surface area contributed by atoms with Gasteiger partial charge in [-0.15, -0.1) is 0 Å². The number of carbonyl (C=O) groups is 1. The molecule has 0 bridgehead atoms. The van der Waals surface area contributed by atoms with Crippen LogP contribution in [0.25, 0.3) is 0 Å². The number of thiocarbonyl (C=S) groups is 1. The van der Waals surface area contributed by atoms with E-state index in [1.807, 2.05) is 0 Å². The van der Waals surface area contributed by atoms with E-state index in [4.69, 9.17) is 21.7 Å². The molecular weight excluding hydrogens is 331 g/mol. The van der Waals surface area contributed by atoms with Gasteiger partial charge in [0, 0.05) is 12.8 Å². The molecule has 0 unspecified atom stereocenters. The van der Waals surface area contributed by atoms with Crippen molar-refractivity contribution >= 4 is 28.9 Å². The molecule has 2 N–H and O–H groups in total. The van der Waals surface area contributed by atoms with Crippen LogP contribution in [-0.4, -0.2) is 31.3 Å². The maximum Gasteiger partial charge on any atom is 0.260 e. The number of hydrogen-bond donors (Lipinski definition) is 2. The van der Waals surface area contributed by atoms with Crippen LogP contribution >= 0.6 is 12.2 Å². The summed E-state index contributed by atoms with van der Waals surface area (Å²) in [5.41, 5.74) is 0.608. The lowest BCUT2D eigenvalue weighted by atomic mass is 10.2. The number of nitrogens with one attached hydrogen (secondary N) is 2. The predicted molar refractivity (Wildman–Crippen MR) is 93.9 cm³/mol. The van der Waals surface area contributed by atoms with Crippen LogP contribution in [0.15, 0.2) is 48.5 Å². The monoisotopic (exact) mass is 348 g/mol. The highest BCUT2D eigenvalue weighted by Gasteiger charge is 2.12. The van der Waals surface area contributed by atoms with Crippen molar-refractivity contribution in [3.8, 4) is 5.75 Å². The largest absolute Gasteiger partial charge is 0.491 e. The zero-order valence-corrected chi connectivity index (χ0v) is 13.9. The van der Waals surface area contributed by atoms with E-state index in [1.54, 1.807) is 37.4 Å². The average molecular weight is 348 g/mol. The van der Waals surface area contributed by atoms with Gasteiger partial charge in [-0.25, -0.2) is 4.39 Å². The van der Waals surface area contributed by atoms with Gasteiger partial charge in [-0.05, 0) is 48.6 Å². The van der Waals surface area contributed by atoms with Crippen LogP contribution in [-0.2, 0) is 4.74 Å². The lowest BCUT2D eigenvalue weighted by Gasteiger charge is -2.11. The van der Waals surface area contributed by atoms with Crippen LogP contribution in [0.3, 0.4) is 0 Å². The number of amides is 1. The summed E-state index contributed by atoms with van der Waals surface area (Å²) >= 11 is 5.06. The number of hydrogen-bond acceptors (Lipinski definition) is 4. The van der Waals surface area contributed by atoms with E-state index in [1.165, 1.54) is 18.2 Å². The van der Waals surface area contributed by atoms with Crippen molar-refractivity contribution in [2.45, 2.75) is 0 Å². The van der Waals surface area contributed by atoms with E-state index in [2.05, 4.69) is 10.6 Å². The maximum atomic E-state index is 13.5. The number of rotatable bonds is 6. The molecule has 126 valence electrons. The summed E-state index contributed by atoms with van der Waals surface area (Å²) in [6, 6.07) is 12.7. The smallest absolute Gasteiger partial charge is 0.260 e. The van der Waals surface area contributed by atoms with Gasteiger partial charge in [0.25, 0.3) is 5.91 Å². The second kappa shape index (κ2) is 8.95. The molecule has 0 atom stereocenters. The van der Waals surface area contributed by atoms with Gasteiger partial charge in [0.05, 0.1) is 12.2 Å². The van der Waals surface area contributed by atoms with E-state index in [-0.39, 0.29) is 10.7 Å². The molecule has 0 spiro atoms. The number of ether oxygens (including phenoxy) is 2. The van der Waals surface area contributed by atoms with Gasteiger partial charge in [0.15, 0.2) is 5.11 Å². The Labute approximate surface area is 144 Å². The first kappa shape index (κ1) is 17.8. The molecule has 2 aromatic carbocycles. The van der Waals surface area contributed by atoms with Crippen molar-refractivity contribution in [3.63, 3.8) is 0 Å². The van der Waals surface area contributed by atoms with E-state index >= 15 is 0 Å². The van der Waals surface area contributed by atoms with Crippen LogP contribution in [0.1, 0.15) is 10.4 Å². The molecule has 24 heavy (non-hydrogen) atoms. The van der Waals surface area contributed by atoms with Crippen LogP contribution in [0.5, 0.6) is 5.75 Å². The fraction of sp³-hybridized carbons (Fsp3) is 0.176. The van der Waals surface area contributed by atoms with Crippen LogP contribution < -0.4 is 15.4 Å². The highest BCUT2D eigenvalue weighted by Crippen LogP contribution is 2.15. The Morgan fingerprint density at radius 1 is 1.12 bits per heavy atom. The molecule has 5 nitrogen and oxygen atoms in total. The molecule has 0 fully saturated rings. The second-order valence-electron chi connectivity index (χ2n) is 4.75. The van der Waals surface area contributed by atoms with Crippen molar-refractivity contribution < 1.29 is 18.7 Å². The standard InChI is InChI=1S/C17H17FN2O3S/c1-22-10-11-23-13-8-6-12(7-9-13)19-17(24)20-16(21)14-4-2-3-5-15(14)18/h2-9H,10-11H2,1H3,(H2,19,20,21,24). The molecule has 2 aromatic rings. The first-order valence-electron chi connectivity index (χ1n) is 7.19. The van der Waals surface area contributed by atoms with Crippen molar-refractivity contribution in [1.82, 2.24) is 5.32 Å². The number of benzene rings is 2. The molecule has 0 aromatic heterocycles. The maximum absolute atomic E-state index is 13.5. The van der Waals surface area contributed by atoms with Gasteiger partial charge >= 0.3 is 0 Å². The quantitative estimate of drug-likeness (QED) is 0.621. The number of carbonyl (C=O) groups excluding carboxylic acids is 1. The minimum absolute atomic E-state index is 0.0662. The Bertz CT molecular complexity index is 707. The van der Waals surface area contributed by atoms with E-state index in [0.29, 0.717) is 24.7 Å². The lowest BCUT2D eigenvalue weighted by molar-refractivity contribution is 0.0974. The molecule has 0 aliphatic rings. The Balaban J connectivity index is 1.88. The Kier molecular flexibility index (Phi) is 6.65. The molecule has 1 amide bonds. The molecule has 0 aliphatic heterocycles. The third kappa shape index (κ3) is 5.29. The molecule has 0 heterocycles.